The summed E-state index contributed by atoms with van der Waals surface area (Å²) in [5.74, 6) is 6.08. The van der Waals surface area contributed by atoms with E-state index < -0.39 is 9.84 Å². The number of aromatic nitrogens is 6. The van der Waals surface area contributed by atoms with Crippen LogP contribution in [0.25, 0.3) is 0 Å². The average Bonchev–Trinajstić information content (AvgIpc) is 3.39. The van der Waals surface area contributed by atoms with E-state index in [9.17, 15) is 8.42 Å². The van der Waals surface area contributed by atoms with Gasteiger partial charge < -0.3 is 0 Å². The lowest BCUT2D eigenvalue weighted by atomic mass is 10.7. The van der Waals surface area contributed by atoms with Gasteiger partial charge in [0, 0.05) is 24.8 Å². The molecule has 4 heterocycles. The van der Waals surface area contributed by atoms with Crippen LogP contribution in [0.5, 0.6) is 0 Å². The molecule has 0 radical (unpaired) electrons. The van der Waals surface area contributed by atoms with Crippen LogP contribution in [0.3, 0.4) is 0 Å². The van der Waals surface area contributed by atoms with Crippen molar-refractivity contribution in [2.24, 2.45) is 5.84 Å². The standard InChI is InChI=1S/C14H10N8O2S4/c15-22(13-20-7-9(26-13)25-11-16-3-1-4-17-11)14-21-8-10(27-14)28(23,24)12-18-5-2-6-19-12/h1-8H,15H2. The van der Waals surface area contributed by atoms with Gasteiger partial charge in [0.2, 0.25) is 10.3 Å². The van der Waals surface area contributed by atoms with E-state index in [0.717, 1.165) is 15.5 Å². The summed E-state index contributed by atoms with van der Waals surface area (Å²) in [5.41, 5.74) is 0. The van der Waals surface area contributed by atoms with Gasteiger partial charge in [-0.3, -0.25) is 0 Å². The molecular formula is C14H10N8O2S4. The molecular weight excluding hydrogens is 440 g/mol. The molecule has 4 aromatic heterocycles. The molecule has 0 unspecified atom stereocenters. The molecule has 2 N–H and O–H groups in total. The Kier molecular flexibility index (Phi) is 5.27. The first-order valence-corrected chi connectivity index (χ1v) is 11.4. The lowest BCUT2D eigenvalue weighted by Gasteiger charge is -2.10. The van der Waals surface area contributed by atoms with E-state index in [1.54, 1.807) is 24.7 Å². The molecule has 4 rings (SSSR count). The van der Waals surface area contributed by atoms with E-state index in [4.69, 9.17) is 5.84 Å². The number of hydrazine groups is 1. The van der Waals surface area contributed by atoms with Crippen LogP contribution in [0.2, 0.25) is 0 Å². The SMILES string of the molecule is NN(c1ncc(Sc2ncccn2)s1)c1ncc(S(=O)(=O)c2ncccn2)s1. The molecule has 0 atom stereocenters. The van der Waals surface area contributed by atoms with Crippen LogP contribution in [0.15, 0.2) is 68.0 Å². The molecule has 0 saturated carbocycles. The van der Waals surface area contributed by atoms with Gasteiger partial charge in [-0.1, -0.05) is 22.7 Å². The van der Waals surface area contributed by atoms with Crippen molar-refractivity contribution in [3.63, 3.8) is 0 Å². The van der Waals surface area contributed by atoms with Crippen molar-refractivity contribution in [3.8, 4) is 0 Å². The Morgan fingerprint density at radius 2 is 1.46 bits per heavy atom. The first-order chi connectivity index (χ1) is 13.5. The fraction of sp³-hybridized carbons (Fsp3) is 0. The Balaban J connectivity index is 1.54. The summed E-state index contributed by atoms with van der Waals surface area (Å²) in [4.78, 5) is 24.2. The molecule has 0 bridgehead atoms. The van der Waals surface area contributed by atoms with Gasteiger partial charge in [0.05, 0.1) is 16.6 Å². The second-order valence-corrected chi connectivity index (χ2v) is 10.3. The van der Waals surface area contributed by atoms with Gasteiger partial charge >= 0.3 is 0 Å². The summed E-state index contributed by atoms with van der Waals surface area (Å²) in [6.45, 7) is 0. The minimum absolute atomic E-state index is 0.00649. The normalized spacial score (nSPS) is 11.5. The van der Waals surface area contributed by atoms with Crippen molar-refractivity contribution in [2.75, 3.05) is 5.01 Å². The Bertz CT molecular complexity index is 1180. The number of nitrogens with two attached hydrogens (primary N) is 1. The van der Waals surface area contributed by atoms with Crippen molar-refractivity contribution in [2.45, 2.75) is 18.7 Å². The zero-order chi connectivity index (χ0) is 19.6. The zero-order valence-electron chi connectivity index (χ0n) is 13.8. The van der Waals surface area contributed by atoms with Gasteiger partial charge in [0.1, 0.15) is 4.21 Å². The lowest BCUT2D eigenvalue weighted by molar-refractivity contribution is 0.588. The van der Waals surface area contributed by atoms with Crippen LogP contribution in [0, 0.1) is 0 Å². The van der Waals surface area contributed by atoms with E-state index in [2.05, 4.69) is 29.9 Å². The van der Waals surface area contributed by atoms with Crippen molar-refractivity contribution < 1.29 is 8.42 Å². The fourth-order valence-corrected chi connectivity index (χ4v) is 5.91. The van der Waals surface area contributed by atoms with Gasteiger partial charge in [-0.05, 0) is 23.9 Å². The van der Waals surface area contributed by atoms with Crippen LogP contribution in [-0.4, -0.2) is 38.3 Å². The zero-order valence-corrected chi connectivity index (χ0v) is 17.0. The van der Waals surface area contributed by atoms with Gasteiger partial charge in [0.25, 0.3) is 15.0 Å². The molecule has 28 heavy (non-hydrogen) atoms. The molecule has 4 aromatic rings. The number of thiazole rings is 2. The van der Waals surface area contributed by atoms with Gasteiger partial charge in [-0.25, -0.2) is 49.2 Å². The molecule has 14 heteroatoms. The number of sulfone groups is 1. The van der Waals surface area contributed by atoms with Gasteiger partial charge in [-0.15, -0.1) is 0 Å². The highest BCUT2D eigenvalue weighted by Crippen LogP contribution is 2.37. The predicted molar refractivity (Wildman–Crippen MR) is 104 cm³/mol. The molecule has 0 fully saturated rings. The summed E-state index contributed by atoms with van der Waals surface area (Å²) in [6, 6.07) is 3.27. The predicted octanol–water partition coefficient (Wildman–Crippen LogP) is 2.18. The number of hydrogen-bond donors (Lipinski definition) is 1. The molecule has 142 valence electrons. The maximum absolute atomic E-state index is 12.6. The third kappa shape index (κ3) is 3.85. The highest BCUT2D eigenvalue weighted by molar-refractivity contribution is 8.01. The minimum Gasteiger partial charge on any atom is -0.239 e. The van der Waals surface area contributed by atoms with E-state index in [1.807, 2.05) is 0 Å². The monoisotopic (exact) mass is 450 g/mol. The molecule has 0 saturated heterocycles. The Hall–Kier alpha value is -2.52. The summed E-state index contributed by atoms with van der Waals surface area (Å²) < 4.78 is 26.0. The largest absolute Gasteiger partial charge is 0.252 e. The summed E-state index contributed by atoms with van der Waals surface area (Å²) in [5, 5.41) is 2.26. The van der Waals surface area contributed by atoms with Crippen LogP contribution in [0.4, 0.5) is 10.3 Å². The average molecular weight is 451 g/mol. The first-order valence-electron chi connectivity index (χ1n) is 7.47. The highest BCUT2D eigenvalue weighted by Gasteiger charge is 2.25. The third-order valence-corrected chi connectivity index (χ3v) is 8.16. The van der Waals surface area contributed by atoms with Crippen molar-refractivity contribution in [1.29, 1.82) is 0 Å². The fourth-order valence-electron chi connectivity index (χ4n) is 1.92. The second kappa shape index (κ2) is 7.84. The quantitative estimate of drug-likeness (QED) is 0.262. The summed E-state index contributed by atoms with van der Waals surface area (Å²) in [7, 11) is -3.86. The van der Waals surface area contributed by atoms with Gasteiger partial charge in [0.15, 0.2) is 5.16 Å². The summed E-state index contributed by atoms with van der Waals surface area (Å²) in [6.07, 6.45) is 8.90. The number of anilines is 2. The molecule has 0 aromatic carbocycles. The van der Waals surface area contributed by atoms with Crippen molar-refractivity contribution in [1.82, 2.24) is 29.9 Å². The highest BCUT2D eigenvalue weighted by atomic mass is 32.2. The first kappa shape index (κ1) is 18.8. The molecule has 10 nitrogen and oxygen atoms in total. The smallest absolute Gasteiger partial charge is 0.239 e. The van der Waals surface area contributed by atoms with Crippen LogP contribution >= 0.6 is 34.4 Å². The summed E-state index contributed by atoms with van der Waals surface area (Å²) >= 11 is 3.57. The third-order valence-electron chi connectivity index (χ3n) is 3.14. The topological polar surface area (TPSA) is 141 Å². The maximum atomic E-state index is 12.6. The van der Waals surface area contributed by atoms with Crippen LogP contribution < -0.4 is 10.9 Å². The number of hydrogen-bond acceptors (Lipinski definition) is 13. The van der Waals surface area contributed by atoms with Crippen LogP contribution in [-0.2, 0) is 9.84 Å². The van der Waals surface area contributed by atoms with Crippen molar-refractivity contribution in [3.05, 3.63) is 49.3 Å². The lowest BCUT2D eigenvalue weighted by Crippen LogP contribution is -2.24. The van der Waals surface area contributed by atoms with E-state index in [1.165, 1.54) is 52.8 Å². The Morgan fingerprint density at radius 1 is 0.857 bits per heavy atom. The second-order valence-electron chi connectivity index (χ2n) is 4.96. The molecule has 0 aliphatic carbocycles. The van der Waals surface area contributed by atoms with Crippen LogP contribution in [0.1, 0.15) is 0 Å². The molecule has 0 aliphatic rings. The Labute approximate surface area is 171 Å². The number of nitrogens with zero attached hydrogens (tertiary/aromatic N) is 7. The number of rotatable bonds is 6. The maximum Gasteiger partial charge on any atom is 0.252 e. The molecule has 0 spiro atoms. The van der Waals surface area contributed by atoms with Gasteiger partial charge in [-0.2, -0.15) is 0 Å². The Morgan fingerprint density at radius 3 is 2.18 bits per heavy atom. The molecule has 0 aliphatic heterocycles. The minimum atomic E-state index is -3.86. The van der Waals surface area contributed by atoms with Crippen molar-refractivity contribution >= 4 is 54.5 Å². The van der Waals surface area contributed by atoms with E-state index in [0.29, 0.717) is 10.3 Å². The molecule has 0 amide bonds. The van der Waals surface area contributed by atoms with E-state index >= 15 is 0 Å². The van der Waals surface area contributed by atoms with E-state index in [-0.39, 0.29) is 14.5 Å².